The van der Waals surface area contributed by atoms with Crippen LogP contribution in [-0.2, 0) is 0 Å². The molecule has 0 unspecified atom stereocenters. The standard InChI is InChI=1S/C8H8N2O4/c1-9-7(11)6-3-2-5(4-10-6)14-8(12)13/h2-4H,1H3,(H,9,11)(H,12,13). The van der Waals surface area contributed by atoms with Crippen molar-refractivity contribution in [2.45, 2.75) is 0 Å². The van der Waals surface area contributed by atoms with Gasteiger partial charge in [0.15, 0.2) is 5.75 Å². The molecule has 0 saturated heterocycles. The maximum Gasteiger partial charge on any atom is 0.511 e. The third-order valence-electron chi connectivity index (χ3n) is 1.40. The van der Waals surface area contributed by atoms with Crippen molar-refractivity contribution in [2.24, 2.45) is 0 Å². The van der Waals surface area contributed by atoms with Crippen LogP contribution in [0.2, 0.25) is 0 Å². The topological polar surface area (TPSA) is 88.5 Å². The summed E-state index contributed by atoms with van der Waals surface area (Å²) < 4.78 is 4.31. The molecule has 0 saturated carbocycles. The molecule has 0 radical (unpaired) electrons. The summed E-state index contributed by atoms with van der Waals surface area (Å²) in [6, 6.07) is 2.72. The minimum atomic E-state index is -1.42. The Morgan fingerprint density at radius 1 is 1.50 bits per heavy atom. The average Bonchev–Trinajstić information content (AvgIpc) is 2.17. The Bertz CT molecular complexity index is 347. The number of rotatable bonds is 2. The SMILES string of the molecule is CNC(=O)c1ccc(OC(=O)O)cn1. The van der Waals surface area contributed by atoms with E-state index in [-0.39, 0.29) is 17.4 Å². The molecule has 1 amide bonds. The number of hydrogen-bond donors (Lipinski definition) is 2. The number of nitrogens with zero attached hydrogens (tertiary/aromatic N) is 1. The first-order chi connectivity index (χ1) is 6.63. The second-order valence-corrected chi connectivity index (χ2v) is 2.33. The van der Waals surface area contributed by atoms with Crippen LogP contribution in [0.5, 0.6) is 5.75 Å². The predicted octanol–water partition coefficient (Wildman–Crippen LogP) is 0.498. The molecule has 0 atom stereocenters. The molecule has 0 aliphatic carbocycles. The normalized spacial score (nSPS) is 9.21. The quantitative estimate of drug-likeness (QED) is 0.672. The van der Waals surface area contributed by atoms with Gasteiger partial charge in [0.05, 0.1) is 6.20 Å². The van der Waals surface area contributed by atoms with E-state index in [0.717, 1.165) is 0 Å². The molecule has 1 heterocycles. The summed E-state index contributed by atoms with van der Waals surface area (Å²) in [6.45, 7) is 0. The van der Waals surface area contributed by atoms with Gasteiger partial charge in [-0.25, -0.2) is 9.78 Å². The molecule has 0 aromatic carbocycles. The molecule has 6 heteroatoms. The Balaban J connectivity index is 2.78. The predicted molar refractivity (Wildman–Crippen MR) is 46.3 cm³/mol. The van der Waals surface area contributed by atoms with E-state index in [1.54, 1.807) is 0 Å². The van der Waals surface area contributed by atoms with Gasteiger partial charge in [-0.2, -0.15) is 0 Å². The van der Waals surface area contributed by atoms with Gasteiger partial charge in [0.2, 0.25) is 0 Å². The molecule has 0 aliphatic rings. The van der Waals surface area contributed by atoms with Gasteiger partial charge in [0.25, 0.3) is 5.91 Å². The van der Waals surface area contributed by atoms with Crippen LogP contribution >= 0.6 is 0 Å². The molecule has 6 nitrogen and oxygen atoms in total. The lowest BCUT2D eigenvalue weighted by atomic mass is 10.3. The summed E-state index contributed by atoms with van der Waals surface area (Å²) in [6.07, 6.45) is -0.252. The van der Waals surface area contributed by atoms with E-state index in [1.807, 2.05) is 0 Å². The molecule has 74 valence electrons. The van der Waals surface area contributed by atoms with E-state index in [9.17, 15) is 9.59 Å². The highest BCUT2D eigenvalue weighted by Crippen LogP contribution is 2.08. The molecule has 0 bridgehead atoms. The number of aromatic nitrogens is 1. The number of amides is 1. The first-order valence-corrected chi connectivity index (χ1v) is 3.72. The van der Waals surface area contributed by atoms with Crippen LogP contribution in [-0.4, -0.2) is 29.2 Å². The second-order valence-electron chi connectivity index (χ2n) is 2.33. The zero-order valence-electron chi connectivity index (χ0n) is 7.35. The number of ether oxygens (including phenoxy) is 1. The fourth-order valence-electron chi connectivity index (χ4n) is 0.804. The van der Waals surface area contributed by atoms with Gasteiger partial charge in [-0.15, -0.1) is 0 Å². The van der Waals surface area contributed by atoms with Crippen molar-refractivity contribution >= 4 is 12.1 Å². The van der Waals surface area contributed by atoms with E-state index >= 15 is 0 Å². The second kappa shape index (κ2) is 4.22. The number of pyridine rings is 1. The molecular weight excluding hydrogens is 188 g/mol. The Morgan fingerprint density at radius 3 is 2.64 bits per heavy atom. The minimum absolute atomic E-state index is 0.0742. The van der Waals surface area contributed by atoms with Gasteiger partial charge in [-0.1, -0.05) is 0 Å². The van der Waals surface area contributed by atoms with Crippen LogP contribution in [0.25, 0.3) is 0 Å². The van der Waals surface area contributed by atoms with Crippen LogP contribution in [0.4, 0.5) is 4.79 Å². The molecule has 0 fully saturated rings. The maximum atomic E-state index is 11.0. The molecule has 14 heavy (non-hydrogen) atoms. The van der Waals surface area contributed by atoms with Crippen molar-refractivity contribution in [2.75, 3.05) is 7.05 Å². The first-order valence-electron chi connectivity index (χ1n) is 3.72. The summed E-state index contributed by atoms with van der Waals surface area (Å²) in [5.41, 5.74) is 0.199. The summed E-state index contributed by atoms with van der Waals surface area (Å²) in [4.78, 5) is 24.8. The van der Waals surface area contributed by atoms with E-state index in [4.69, 9.17) is 5.11 Å². The summed E-state index contributed by atoms with van der Waals surface area (Å²) in [5.74, 6) is -0.267. The smallest absolute Gasteiger partial charge is 0.449 e. The first kappa shape index (κ1) is 9.97. The lowest BCUT2D eigenvalue weighted by Gasteiger charge is -2.00. The van der Waals surface area contributed by atoms with Crippen molar-refractivity contribution in [3.05, 3.63) is 24.0 Å². The van der Waals surface area contributed by atoms with Crippen LogP contribution in [0.15, 0.2) is 18.3 Å². The maximum absolute atomic E-state index is 11.0. The molecule has 0 aliphatic heterocycles. The number of nitrogens with one attached hydrogen (secondary N) is 1. The van der Waals surface area contributed by atoms with E-state index in [2.05, 4.69) is 15.0 Å². The Hall–Kier alpha value is -2.11. The number of hydrogen-bond acceptors (Lipinski definition) is 4. The molecule has 1 aromatic rings. The minimum Gasteiger partial charge on any atom is -0.449 e. The van der Waals surface area contributed by atoms with Gasteiger partial charge in [0.1, 0.15) is 5.69 Å². The number of carboxylic acid groups (broad SMARTS) is 1. The van der Waals surface area contributed by atoms with Crippen LogP contribution in [0.1, 0.15) is 10.5 Å². The summed E-state index contributed by atoms with van der Waals surface area (Å²) in [5, 5.41) is 10.6. The zero-order valence-corrected chi connectivity index (χ0v) is 7.35. The van der Waals surface area contributed by atoms with Crippen molar-refractivity contribution in [3.63, 3.8) is 0 Å². The Labute approximate surface area is 79.5 Å². The highest BCUT2D eigenvalue weighted by atomic mass is 16.7. The molecule has 2 N–H and O–H groups in total. The van der Waals surface area contributed by atoms with Crippen LogP contribution in [0, 0.1) is 0 Å². The van der Waals surface area contributed by atoms with Crippen molar-refractivity contribution < 1.29 is 19.4 Å². The number of carbonyl (C=O) groups is 2. The van der Waals surface area contributed by atoms with Gasteiger partial charge in [-0.3, -0.25) is 4.79 Å². The third kappa shape index (κ3) is 2.44. The highest BCUT2D eigenvalue weighted by Gasteiger charge is 2.05. The highest BCUT2D eigenvalue weighted by molar-refractivity contribution is 5.92. The van der Waals surface area contributed by atoms with Gasteiger partial charge in [0, 0.05) is 7.05 Å². The van der Waals surface area contributed by atoms with E-state index in [1.165, 1.54) is 25.4 Å². The molecule has 1 rings (SSSR count). The number of carbonyl (C=O) groups excluding carboxylic acids is 1. The van der Waals surface area contributed by atoms with Crippen molar-refractivity contribution in [1.82, 2.24) is 10.3 Å². The average molecular weight is 196 g/mol. The van der Waals surface area contributed by atoms with E-state index in [0.29, 0.717) is 0 Å². The molecular formula is C8H8N2O4. The van der Waals surface area contributed by atoms with Crippen LogP contribution in [0.3, 0.4) is 0 Å². The lowest BCUT2D eigenvalue weighted by Crippen LogP contribution is -2.19. The fraction of sp³-hybridized carbons (Fsp3) is 0.125. The van der Waals surface area contributed by atoms with Crippen molar-refractivity contribution in [3.8, 4) is 5.75 Å². The van der Waals surface area contributed by atoms with Crippen LogP contribution < -0.4 is 10.1 Å². The van der Waals surface area contributed by atoms with Gasteiger partial charge < -0.3 is 15.2 Å². The molecule has 1 aromatic heterocycles. The van der Waals surface area contributed by atoms with Crippen molar-refractivity contribution in [1.29, 1.82) is 0 Å². The van der Waals surface area contributed by atoms with E-state index < -0.39 is 6.16 Å². The molecule has 0 spiro atoms. The lowest BCUT2D eigenvalue weighted by molar-refractivity contribution is 0.0958. The Morgan fingerprint density at radius 2 is 2.21 bits per heavy atom. The van der Waals surface area contributed by atoms with Gasteiger partial charge in [-0.05, 0) is 12.1 Å². The largest absolute Gasteiger partial charge is 0.511 e. The Kier molecular flexibility index (Phi) is 3.01. The van der Waals surface area contributed by atoms with Gasteiger partial charge >= 0.3 is 6.16 Å². The zero-order chi connectivity index (χ0) is 10.6. The monoisotopic (exact) mass is 196 g/mol. The summed E-state index contributed by atoms with van der Waals surface area (Å²) in [7, 11) is 1.48. The fourth-order valence-corrected chi connectivity index (χ4v) is 0.804. The third-order valence-corrected chi connectivity index (χ3v) is 1.40. The summed E-state index contributed by atoms with van der Waals surface area (Å²) >= 11 is 0.